The van der Waals surface area contributed by atoms with Crippen molar-refractivity contribution in [3.05, 3.63) is 28.2 Å². The van der Waals surface area contributed by atoms with Gasteiger partial charge in [0.1, 0.15) is 5.78 Å². The van der Waals surface area contributed by atoms with Crippen LogP contribution in [0.15, 0.2) is 18.2 Å². The minimum atomic E-state index is -3.70. The number of hydrogen-bond acceptors (Lipinski definition) is 3. The molecule has 0 amide bonds. The van der Waals surface area contributed by atoms with Gasteiger partial charge in [0.15, 0.2) is 0 Å². The number of carbonyl (C=O) groups excluding carboxylic acids is 1. The van der Waals surface area contributed by atoms with Crippen molar-refractivity contribution in [2.75, 3.05) is 10.5 Å². The Kier molecular flexibility index (Phi) is 3.98. The summed E-state index contributed by atoms with van der Waals surface area (Å²) < 4.78 is 27.8. The molecule has 126 valence electrons. The van der Waals surface area contributed by atoms with E-state index in [2.05, 4.69) is 4.72 Å². The molecule has 1 aromatic carbocycles. The number of carbonyl (C=O) groups is 1. The van der Waals surface area contributed by atoms with Crippen LogP contribution < -0.4 is 4.72 Å². The molecular formula is C16H19Cl2NO3S. The molecule has 2 aliphatic rings. The Morgan fingerprint density at radius 3 is 2.52 bits per heavy atom. The number of sulfonamides is 1. The molecule has 0 saturated heterocycles. The third-order valence-corrected chi connectivity index (χ3v) is 7.72. The van der Waals surface area contributed by atoms with Crippen molar-refractivity contribution in [3.63, 3.8) is 0 Å². The van der Waals surface area contributed by atoms with Gasteiger partial charge in [0.05, 0.1) is 21.9 Å². The fraction of sp³-hybridized carbons (Fsp3) is 0.562. The minimum Gasteiger partial charge on any atom is -0.299 e. The number of nitrogens with one attached hydrogen (secondary N) is 1. The second-order valence-electron chi connectivity index (χ2n) is 7.15. The molecule has 0 aliphatic heterocycles. The number of hydrogen-bond donors (Lipinski definition) is 1. The quantitative estimate of drug-likeness (QED) is 0.860. The predicted octanol–water partition coefficient (Wildman–Crippen LogP) is 4.13. The first kappa shape index (κ1) is 17.1. The van der Waals surface area contributed by atoms with Crippen LogP contribution in [0.1, 0.15) is 33.1 Å². The summed E-state index contributed by atoms with van der Waals surface area (Å²) in [6, 6.07) is 4.58. The summed E-state index contributed by atoms with van der Waals surface area (Å²) in [6.07, 6.45) is 2.04. The van der Waals surface area contributed by atoms with Gasteiger partial charge in [-0.2, -0.15) is 0 Å². The zero-order valence-electron chi connectivity index (χ0n) is 13.0. The highest BCUT2D eigenvalue weighted by Crippen LogP contribution is 2.64. The topological polar surface area (TPSA) is 63.2 Å². The summed E-state index contributed by atoms with van der Waals surface area (Å²) in [5.74, 6) is 0.164. The van der Waals surface area contributed by atoms with E-state index in [4.69, 9.17) is 23.2 Å². The summed E-state index contributed by atoms with van der Waals surface area (Å²) in [7, 11) is -3.70. The summed E-state index contributed by atoms with van der Waals surface area (Å²) in [5, 5.41) is 0.669. The Morgan fingerprint density at radius 1 is 1.30 bits per heavy atom. The molecule has 0 spiro atoms. The summed E-state index contributed by atoms with van der Waals surface area (Å²) in [6.45, 7) is 4.03. The van der Waals surface area contributed by atoms with Crippen LogP contribution in [0.2, 0.25) is 10.0 Å². The van der Waals surface area contributed by atoms with E-state index in [-0.39, 0.29) is 33.6 Å². The van der Waals surface area contributed by atoms with Crippen LogP contribution in [0.25, 0.3) is 0 Å². The lowest BCUT2D eigenvalue weighted by Gasteiger charge is -2.36. The van der Waals surface area contributed by atoms with Gasteiger partial charge in [0.2, 0.25) is 10.0 Å². The number of Topliss-reactive ketones (excluding diaryl/α,β-unsaturated/α-hetero) is 1. The fourth-order valence-electron chi connectivity index (χ4n) is 4.21. The molecule has 2 atom stereocenters. The van der Waals surface area contributed by atoms with Crippen LogP contribution in [-0.2, 0) is 14.8 Å². The van der Waals surface area contributed by atoms with Crippen molar-refractivity contribution >= 4 is 44.7 Å². The lowest BCUT2D eigenvalue weighted by atomic mass is 9.70. The van der Waals surface area contributed by atoms with Crippen LogP contribution in [0.5, 0.6) is 0 Å². The molecule has 2 saturated carbocycles. The van der Waals surface area contributed by atoms with Gasteiger partial charge in [0, 0.05) is 11.4 Å². The maximum atomic E-state index is 12.7. The van der Waals surface area contributed by atoms with Gasteiger partial charge in [-0.05, 0) is 42.4 Å². The first-order valence-corrected chi connectivity index (χ1v) is 9.97. The van der Waals surface area contributed by atoms with Crippen molar-refractivity contribution < 1.29 is 13.2 Å². The van der Waals surface area contributed by atoms with Gasteiger partial charge in [-0.15, -0.1) is 0 Å². The zero-order valence-corrected chi connectivity index (χ0v) is 15.4. The van der Waals surface area contributed by atoms with Gasteiger partial charge in [-0.3, -0.25) is 9.52 Å². The highest BCUT2D eigenvalue weighted by atomic mass is 35.5. The monoisotopic (exact) mass is 375 g/mol. The van der Waals surface area contributed by atoms with Gasteiger partial charge in [-0.25, -0.2) is 8.42 Å². The average molecular weight is 376 g/mol. The van der Waals surface area contributed by atoms with E-state index in [1.807, 2.05) is 13.8 Å². The maximum absolute atomic E-state index is 12.7. The Labute approximate surface area is 146 Å². The number of benzene rings is 1. The third-order valence-electron chi connectivity index (χ3n) is 5.77. The molecule has 1 aromatic rings. The van der Waals surface area contributed by atoms with Crippen LogP contribution >= 0.6 is 23.2 Å². The van der Waals surface area contributed by atoms with Crippen LogP contribution in [0, 0.1) is 16.7 Å². The number of ketones is 1. The largest absolute Gasteiger partial charge is 0.299 e. The number of rotatable bonds is 4. The molecule has 0 heterocycles. The Morgan fingerprint density at radius 2 is 2.00 bits per heavy atom. The van der Waals surface area contributed by atoms with Gasteiger partial charge < -0.3 is 0 Å². The molecule has 23 heavy (non-hydrogen) atoms. The smallest absolute Gasteiger partial charge is 0.233 e. The van der Waals surface area contributed by atoms with Gasteiger partial charge in [0.25, 0.3) is 0 Å². The number of fused-ring (bicyclic) bond motifs is 2. The second-order valence-corrected chi connectivity index (χ2v) is 9.72. The first-order chi connectivity index (χ1) is 10.6. The van der Waals surface area contributed by atoms with E-state index in [0.29, 0.717) is 17.9 Å². The molecule has 7 heteroatoms. The summed E-state index contributed by atoms with van der Waals surface area (Å²) >= 11 is 11.9. The van der Waals surface area contributed by atoms with Crippen molar-refractivity contribution in [3.8, 4) is 0 Å². The lowest BCUT2D eigenvalue weighted by Crippen LogP contribution is -2.43. The minimum absolute atomic E-state index is 0.0753. The molecular weight excluding hydrogens is 357 g/mol. The van der Waals surface area contributed by atoms with Crippen molar-refractivity contribution in [2.24, 2.45) is 16.7 Å². The zero-order chi connectivity index (χ0) is 17.0. The van der Waals surface area contributed by atoms with E-state index >= 15 is 0 Å². The molecule has 0 unspecified atom stereocenters. The van der Waals surface area contributed by atoms with Gasteiger partial charge in [-0.1, -0.05) is 37.0 Å². The van der Waals surface area contributed by atoms with Crippen LogP contribution in [0.4, 0.5) is 5.69 Å². The van der Waals surface area contributed by atoms with Crippen molar-refractivity contribution in [1.29, 1.82) is 0 Å². The summed E-state index contributed by atoms with van der Waals surface area (Å²) in [5.41, 5.74) is -0.796. The highest BCUT2D eigenvalue weighted by Gasteiger charge is 2.65. The molecule has 2 fully saturated rings. The molecule has 2 bridgehead atoms. The lowest BCUT2D eigenvalue weighted by molar-refractivity contribution is -0.128. The van der Waals surface area contributed by atoms with Crippen LogP contribution in [-0.4, -0.2) is 20.0 Å². The third kappa shape index (κ3) is 2.67. The van der Waals surface area contributed by atoms with E-state index in [9.17, 15) is 13.2 Å². The summed E-state index contributed by atoms with van der Waals surface area (Å²) in [4.78, 5) is 12.5. The molecule has 0 radical (unpaired) electrons. The van der Waals surface area contributed by atoms with E-state index in [0.717, 1.165) is 6.42 Å². The Balaban J connectivity index is 1.88. The normalized spacial score (nSPS) is 29.0. The molecule has 3 rings (SSSR count). The van der Waals surface area contributed by atoms with Crippen molar-refractivity contribution in [2.45, 2.75) is 33.1 Å². The molecule has 2 aliphatic carbocycles. The van der Waals surface area contributed by atoms with Crippen LogP contribution in [0.3, 0.4) is 0 Å². The van der Waals surface area contributed by atoms with E-state index in [1.165, 1.54) is 12.1 Å². The van der Waals surface area contributed by atoms with Gasteiger partial charge >= 0.3 is 0 Å². The highest BCUT2D eigenvalue weighted by molar-refractivity contribution is 7.92. The number of anilines is 1. The standard InChI is InChI=1S/C16H19Cl2NO3S/c1-15(2)10-5-6-16(15,14(20)7-10)9-23(21,22)19-13-4-3-11(17)8-12(13)18/h3-4,8,10,19H,5-7,9H2,1-2H3/t10-,16+/m0/s1. The Hall–Kier alpha value is -0.780. The maximum Gasteiger partial charge on any atom is 0.233 e. The van der Waals surface area contributed by atoms with Crippen molar-refractivity contribution in [1.82, 2.24) is 0 Å². The fourth-order valence-corrected chi connectivity index (χ4v) is 6.63. The first-order valence-electron chi connectivity index (χ1n) is 7.56. The molecule has 4 nitrogen and oxygen atoms in total. The van der Waals surface area contributed by atoms with E-state index in [1.54, 1.807) is 6.07 Å². The predicted molar refractivity (Wildman–Crippen MR) is 92.4 cm³/mol. The van der Waals surface area contributed by atoms with E-state index < -0.39 is 15.4 Å². The second kappa shape index (κ2) is 5.36. The SMILES string of the molecule is CC1(C)[C@H]2CC[C@@]1(CS(=O)(=O)Nc1ccc(Cl)cc1Cl)C(=O)C2. The Bertz CT molecular complexity index is 776. The average Bonchev–Trinajstić information content (AvgIpc) is 2.75. The molecule has 0 aromatic heterocycles. The number of halogens is 2. The molecule has 1 N–H and O–H groups in total.